The summed E-state index contributed by atoms with van der Waals surface area (Å²) in [5.41, 5.74) is 3.08. The molecule has 1 aliphatic carbocycles. The van der Waals surface area contributed by atoms with Gasteiger partial charge in [0.05, 0.1) is 22.2 Å². The van der Waals surface area contributed by atoms with E-state index in [2.05, 4.69) is 25.6 Å². The van der Waals surface area contributed by atoms with Crippen molar-refractivity contribution < 1.29 is 5.11 Å². The SMILES string of the molecule is O=c1[nH]c2ccc(Nc3ncnc4sc5c(c34)CCC(NCCO)C5)cc2s1. The Labute approximate surface area is 168 Å². The first kappa shape index (κ1) is 17.7. The fraction of sp³-hybridized carbons (Fsp3) is 0.316. The number of rotatable bonds is 5. The molecule has 7 nitrogen and oxygen atoms in total. The normalized spacial score (nSPS) is 16.5. The van der Waals surface area contributed by atoms with Crippen LogP contribution >= 0.6 is 22.7 Å². The van der Waals surface area contributed by atoms with Crippen molar-refractivity contribution >= 4 is 54.6 Å². The molecule has 1 aliphatic rings. The van der Waals surface area contributed by atoms with Crippen molar-refractivity contribution in [2.24, 2.45) is 0 Å². The first-order valence-corrected chi connectivity index (χ1v) is 10.8. The third-order valence-corrected chi connectivity index (χ3v) is 7.08. The molecule has 0 aliphatic heterocycles. The summed E-state index contributed by atoms with van der Waals surface area (Å²) in [6, 6.07) is 6.23. The van der Waals surface area contributed by atoms with Crippen LogP contribution in [0.25, 0.3) is 20.4 Å². The van der Waals surface area contributed by atoms with E-state index in [1.54, 1.807) is 17.7 Å². The molecule has 0 saturated heterocycles. The van der Waals surface area contributed by atoms with Gasteiger partial charge in [0.1, 0.15) is 17.0 Å². The molecule has 144 valence electrons. The number of aliphatic hydroxyl groups excluding tert-OH is 1. The average Bonchev–Trinajstić information content (AvgIpc) is 3.25. The van der Waals surface area contributed by atoms with Gasteiger partial charge in [0.2, 0.25) is 0 Å². The fourth-order valence-electron chi connectivity index (χ4n) is 3.81. The number of H-pyrrole nitrogens is 1. The smallest absolute Gasteiger partial charge is 0.305 e. The minimum absolute atomic E-state index is 0.0483. The van der Waals surface area contributed by atoms with Crippen LogP contribution in [0.5, 0.6) is 0 Å². The zero-order valence-electron chi connectivity index (χ0n) is 15.0. The average molecular weight is 414 g/mol. The van der Waals surface area contributed by atoms with Crippen LogP contribution in [0, 0.1) is 0 Å². The molecule has 0 saturated carbocycles. The summed E-state index contributed by atoms with van der Waals surface area (Å²) in [5.74, 6) is 0.812. The van der Waals surface area contributed by atoms with E-state index in [9.17, 15) is 4.79 Å². The quantitative estimate of drug-likeness (QED) is 0.401. The summed E-state index contributed by atoms with van der Waals surface area (Å²) < 4.78 is 0.922. The molecule has 28 heavy (non-hydrogen) atoms. The maximum Gasteiger partial charge on any atom is 0.305 e. The molecule has 0 bridgehead atoms. The van der Waals surface area contributed by atoms with Crippen LogP contribution in [-0.4, -0.2) is 39.3 Å². The Kier molecular flexibility index (Phi) is 4.59. The number of hydrogen-bond donors (Lipinski definition) is 4. The van der Waals surface area contributed by atoms with Crippen LogP contribution in [0.4, 0.5) is 11.5 Å². The van der Waals surface area contributed by atoms with E-state index in [1.807, 2.05) is 18.2 Å². The molecule has 0 radical (unpaired) electrons. The molecule has 1 atom stereocenters. The van der Waals surface area contributed by atoms with Crippen molar-refractivity contribution in [1.82, 2.24) is 20.3 Å². The van der Waals surface area contributed by atoms with Gasteiger partial charge >= 0.3 is 4.87 Å². The third kappa shape index (κ3) is 3.20. The molecule has 0 spiro atoms. The van der Waals surface area contributed by atoms with Crippen molar-refractivity contribution in [3.05, 3.63) is 44.6 Å². The Balaban J connectivity index is 1.49. The van der Waals surface area contributed by atoms with Gasteiger partial charge in [-0.05, 0) is 43.0 Å². The standard InChI is InChI=1S/C19H19N5O2S2/c25-6-5-20-10-1-3-12-14(7-10)27-18-16(12)17(21-9-22-18)23-11-2-4-13-15(8-11)28-19(26)24-13/h2,4,8-10,20,25H,1,3,5-7H2,(H,24,26)(H,21,22,23). The van der Waals surface area contributed by atoms with Crippen LogP contribution in [0.1, 0.15) is 16.9 Å². The minimum Gasteiger partial charge on any atom is -0.395 e. The van der Waals surface area contributed by atoms with Gasteiger partial charge in [0, 0.05) is 23.2 Å². The lowest BCUT2D eigenvalue weighted by Gasteiger charge is -2.23. The molecule has 1 unspecified atom stereocenters. The lowest BCUT2D eigenvalue weighted by atomic mass is 9.93. The highest BCUT2D eigenvalue weighted by Gasteiger charge is 2.24. The number of aliphatic hydroxyl groups is 1. The van der Waals surface area contributed by atoms with E-state index in [0.717, 1.165) is 51.2 Å². The third-order valence-electron chi connectivity index (χ3n) is 5.07. The highest BCUT2D eigenvalue weighted by molar-refractivity contribution is 7.19. The fourth-order valence-corrected chi connectivity index (χ4v) is 5.85. The second kappa shape index (κ2) is 7.25. The van der Waals surface area contributed by atoms with Gasteiger partial charge in [-0.15, -0.1) is 11.3 Å². The molecule has 0 fully saturated rings. The summed E-state index contributed by atoms with van der Waals surface area (Å²) in [6.45, 7) is 0.792. The lowest BCUT2D eigenvalue weighted by Crippen LogP contribution is -2.35. The zero-order chi connectivity index (χ0) is 19.1. The van der Waals surface area contributed by atoms with Gasteiger partial charge < -0.3 is 20.7 Å². The van der Waals surface area contributed by atoms with Crippen molar-refractivity contribution in [3.8, 4) is 0 Å². The molecule has 1 aromatic carbocycles. The number of nitrogens with zero attached hydrogens (tertiary/aromatic N) is 2. The molecule has 4 aromatic rings. The van der Waals surface area contributed by atoms with Gasteiger partial charge in [-0.1, -0.05) is 11.3 Å². The van der Waals surface area contributed by atoms with E-state index in [1.165, 1.54) is 21.8 Å². The zero-order valence-corrected chi connectivity index (χ0v) is 16.6. The number of aromatic amines is 1. The highest BCUT2D eigenvalue weighted by atomic mass is 32.1. The first-order valence-electron chi connectivity index (χ1n) is 9.20. The summed E-state index contributed by atoms with van der Waals surface area (Å²) in [5, 5.41) is 17.0. The summed E-state index contributed by atoms with van der Waals surface area (Å²) in [6.07, 6.45) is 4.57. The number of fused-ring (bicyclic) bond motifs is 4. The van der Waals surface area contributed by atoms with Crippen molar-refractivity contribution in [2.45, 2.75) is 25.3 Å². The minimum atomic E-state index is -0.0483. The maximum absolute atomic E-state index is 11.6. The molecule has 4 N–H and O–H groups in total. The summed E-state index contributed by atoms with van der Waals surface area (Å²) in [7, 11) is 0. The van der Waals surface area contributed by atoms with Crippen LogP contribution in [-0.2, 0) is 12.8 Å². The van der Waals surface area contributed by atoms with Crippen LogP contribution in [0.2, 0.25) is 0 Å². The Morgan fingerprint density at radius 2 is 2.21 bits per heavy atom. The van der Waals surface area contributed by atoms with E-state index in [-0.39, 0.29) is 11.5 Å². The van der Waals surface area contributed by atoms with Gasteiger partial charge in [0.25, 0.3) is 0 Å². The van der Waals surface area contributed by atoms with Gasteiger partial charge in [-0.25, -0.2) is 9.97 Å². The van der Waals surface area contributed by atoms with Crippen molar-refractivity contribution in [3.63, 3.8) is 0 Å². The molecular formula is C19H19N5O2S2. The number of anilines is 2. The Bertz CT molecular complexity index is 1210. The predicted molar refractivity (Wildman–Crippen MR) is 114 cm³/mol. The van der Waals surface area contributed by atoms with Crippen LogP contribution in [0.15, 0.2) is 29.3 Å². The summed E-state index contributed by atoms with van der Waals surface area (Å²) >= 11 is 2.93. The first-order chi connectivity index (χ1) is 13.7. The molecule has 0 amide bonds. The van der Waals surface area contributed by atoms with E-state index in [0.29, 0.717) is 12.6 Å². The molecular weight excluding hydrogens is 394 g/mol. The lowest BCUT2D eigenvalue weighted by molar-refractivity contribution is 0.280. The van der Waals surface area contributed by atoms with Gasteiger partial charge in [0.15, 0.2) is 0 Å². The molecule has 5 rings (SSSR count). The molecule has 3 heterocycles. The number of aromatic nitrogens is 3. The topological polar surface area (TPSA) is 103 Å². The largest absolute Gasteiger partial charge is 0.395 e. The number of thiazole rings is 1. The maximum atomic E-state index is 11.6. The number of nitrogens with one attached hydrogen (secondary N) is 3. The number of thiophene rings is 1. The predicted octanol–water partition coefficient (Wildman–Crippen LogP) is 2.78. The van der Waals surface area contributed by atoms with Gasteiger partial charge in [-0.2, -0.15) is 0 Å². The van der Waals surface area contributed by atoms with E-state index < -0.39 is 0 Å². The van der Waals surface area contributed by atoms with Crippen LogP contribution in [0.3, 0.4) is 0 Å². The number of hydrogen-bond acceptors (Lipinski definition) is 8. The van der Waals surface area contributed by atoms with Crippen molar-refractivity contribution in [1.29, 1.82) is 0 Å². The Morgan fingerprint density at radius 1 is 1.29 bits per heavy atom. The summed E-state index contributed by atoms with van der Waals surface area (Å²) in [4.78, 5) is 25.7. The Morgan fingerprint density at radius 3 is 3.11 bits per heavy atom. The highest BCUT2D eigenvalue weighted by Crippen LogP contribution is 2.39. The molecule has 9 heteroatoms. The second-order valence-corrected chi connectivity index (χ2v) is 8.97. The van der Waals surface area contributed by atoms with Crippen LogP contribution < -0.4 is 15.5 Å². The Hall–Kier alpha value is -2.33. The van der Waals surface area contributed by atoms with E-state index in [4.69, 9.17) is 5.11 Å². The second-order valence-electron chi connectivity index (χ2n) is 6.87. The number of benzene rings is 1. The van der Waals surface area contributed by atoms with E-state index >= 15 is 0 Å². The monoisotopic (exact) mass is 413 g/mol. The van der Waals surface area contributed by atoms with Crippen molar-refractivity contribution in [2.75, 3.05) is 18.5 Å². The van der Waals surface area contributed by atoms with Gasteiger partial charge in [-0.3, -0.25) is 4.79 Å². The number of aryl methyl sites for hydroxylation is 1. The molecule has 3 aromatic heterocycles.